The molecule has 0 aromatic rings. The standard InChI is InChI=1S/C14H22O2Si/c1-17(2,3)9-10-11-6-8-16-14(11)7-4-5-12(15)13(10)14/h9,11,13H,4-8H2,1-3H3/b10-9-/t11-,13+,14-/m1/s1. The Bertz CT molecular complexity index is 394. The first-order valence-corrected chi connectivity index (χ1v) is 10.4. The summed E-state index contributed by atoms with van der Waals surface area (Å²) in [5.74, 6) is 1.15. The summed E-state index contributed by atoms with van der Waals surface area (Å²) in [6, 6.07) is 0. The molecule has 0 aromatic heterocycles. The maximum Gasteiger partial charge on any atom is 0.142 e. The topological polar surface area (TPSA) is 26.3 Å². The molecule has 1 aliphatic heterocycles. The molecule has 0 bridgehead atoms. The Balaban J connectivity index is 1.98. The maximum atomic E-state index is 12.2. The molecule has 3 rings (SSSR count). The number of rotatable bonds is 1. The SMILES string of the molecule is C[Si](C)(C)/C=C1/[C@H]2CCO[C@]23CCCC(=O)[C@H]13. The number of hydrogen-bond acceptors (Lipinski definition) is 2. The Morgan fingerprint density at radius 3 is 2.88 bits per heavy atom. The van der Waals surface area contributed by atoms with Gasteiger partial charge in [-0.05, 0) is 19.3 Å². The zero-order chi connectivity index (χ0) is 12.3. The molecular formula is C14H22O2Si. The molecule has 3 heteroatoms. The predicted molar refractivity (Wildman–Crippen MR) is 70.6 cm³/mol. The summed E-state index contributed by atoms with van der Waals surface area (Å²) < 4.78 is 6.01. The van der Waals surface area contributed by atoms with E-state index in [1.165, 1.54) is 5.57 Å². The Kier molecular flexibility index (Phi) is 2.43. The molecule has 3 fully saturated rings. The van der Waals surface area contributed by atoms with Crippen LogP contribution in [0.25, 0.3) is 0 Å². The molecule has 1 spiro atoms. The molecule has 0 N–H and O–H groups in total. The van der Waals surface area contributed by atoms with Gasteiger partial charge in [-0.1, -0.05) is 30.9 Å². The van der Waals surface area contributed by atoms with E-state index in [9.17, 15) is 4.79 Å². The molecule has 3 aliphatic rings. The van der Waals surface area contributed by atoms with Crippen LogP contribution in [0.5, 0.6) is 0 Å². The van der Waals surface area contributed by atoms with Crippen molar-refractivity contribution in [2.24, 2.45) is 11.8 Å². The summed E-state index contributed by atoms with van der Waals surface area (Å²) in [5.41, 5.74) is 3.87. The van der Waals surface area contributed by atoms with E-state index in [1.807, 2.05) is 0 Å². The normalized spacial score (nSPS) is 43.2. The first kappa shape index (κ1) is 11.7. The lowest BCUT2D eigenvalue weighted by atomic mass is 9.52. The van der Waals surface area contributed by atoms with Gasteiger partial charge in [0.25, 0.3) is 0 Å². The Labute approximate surface area is 104 Å². The minimum absolute atomic E-state index is 0.0547. The number of ketones is 1. The molecule has 2 nitrogen and oxygen atoms in total. The van der Waals surface area contributed by atoms with Gasteiger partial charge in [0.2, 0.25) is 0 Å². The first-order valence-electron chi connectivity index (χ1n) is 6.83. The van der Waals surface area contributed by atoms with E-state index >= 15 is 0 Å². The second-order valence-electron chi connectivity index (χ2n) is 6.91. The fourth-order valence-corrected chi connectivity index (χ4v) is 5.42. The average molecular weight is 250 g/mol. The van der Waals surface area contributed by atoms with Crippen LogP contribution in [0.15, 0.2) is 11.3 Å². The van der Waals surface area contributed by atoms with Gasteiger partial charge in [-0.25, -0.2) is 0 Å². The van der Waals surface area contributed by atoms with Gasteiger partial charge in [-0.2, -0.15) is 0 Å². The molecular weight excluding hydrogens is 228 g/mol. The zero-order valence-electron chi connectivity index (χ0n) is 11.1. The van der Waals surface area contributed by atoms with Crippen LogP contribution in [-0.2, 0) is 9.53 Å². The van der Waals surface area contributed by atoms with Crippen molar-refractivity contribution in [1.82, 2.24) is 0 Å². The lowest BCUT2D eigenvalue weighted by Crippen LogP contribution is -2.61. The highest BCUT2D eigenvalue weighted by Gasteiger charge is 2.65. The van der Waals surface area contributed by atoms with E-state index in [1.54, 1.807) is 0 Å². The molecule has 1 heterocycles. The van der Waals surface area contributed by atoms with E-state index in [-0.39, 0.29) is 11.5 Å². The van der Waals surface area contributed by atoms with Crippen LogP contribution in [0.4, 0.5) is 0 Å². The lowest BCUT2D eigenvalue weighted by Gasteiger charge is -2.55. The van der Waals surface area contributed by atoms with Crippen LogP contribution in [0.2, 0.25) is 19.6 Å². The second kappa shape index (κ2) is 3.54. The van der Waals surface area contributed by atoms with Crippen LogP contribution < -0.4 is 0 Å². The number of Topliss-reactive ketones (excluding diaryl/α,β-unsaturated/α-hetero) is 1. The van der Waals surface area contributed by atoms with Crippen molar-refractivity contribution >= 4 is 13.9 Å². The highest BCUT2D eigenvalue weighted by Crippen LogP contribution is 2.61. The molecule has 2 saturated carbocycles. The number of hydrogen-bond donors (Lipinski definition) is 0. The molecule has 1 saturated heterocycles. The van der Waals surface area contributed by atoms with Gasteiger partial charge in [0.1, 0.15) is 5.78 Å². The number of carbonyl (C=O) groups excluding carboxylic acids is 1. The zero-order valence-corrected chi connectivity index (χ0v) is 12.1. The second-order valence-corrected chi connectivity index (χ2v) is 11.9. The Hall–Kier alpha value is -0.413. The third kappa shape index (κ3) is 1.59. The monoisotopic (exact) mass is 250 g/mol. The van der Waals surface area contributed by atoms with Crippen LogP contribution in [-0.4, -0.2) is 26.1 Å². The molecule has 0 radical (unpaired) electrons. The highest BCUT2D eigenvalue weighted by atomic mass is 28.3. The van der Waals surface area contributed by atoms with Gasteiger partial charge in [0, 0.05) is 18.9 Å². The lowest BCUT2D eigenvalue weighted by molar-refractivity contribution is -0.153. The summed E-state index contributed by atoms with van der Waals surface area (Å²) in [6.07, 6.45) is 4.05. The quantitative estimate of drug-likeness (QED) is 0.669. The molecule has 2 aliphatic carbocycles. The van der Waals surface area contributed by atoms with E-state index in [2.05, 4.69) is 25.3 Å². The minimum atomic E-state index is -1.23. The van der Waals surface area contributed by atoms with Gasteiger partial charge in [0.15, 0.2) is 0 Å². The van der Waals surface area contributed by atoms with Gasteiger partial charge in [-0.3, -0.25) is 4.79 Å². The summed E-state index contributed by atoms with van der Waals surface area (Å²) in [7, 11) is -1.23. The van der Waals surface area contributed by atoms with Crippen molar-refractivity contribution in [3.05, 3.63) is 11.3 Å². The van der Waals surface area contributed by atoms with E-state index in [0.717, 1.165) is 32.3 Å². The maximum absolute atomic E-state index is 12.2. The minimum Gasteiger partial charge on any atom is -0.373 e. The third-order valence-electron chi connectivity index (χ3n) is 4.50. The largest absolute Gasteiger partial charge is 0.373 e. The summed E-state index contributed by atoms with van der Waals surface area (Å²) in [6.45, 7) is 7.91. The van der Waals surface area contributed by atoms with Crippen molar-refractivity contribution < 1.29 is 9.53 Å². The molecule has 0 aromatic carbocycles. The fourth-order valence-electron chi connectivity index (χ4n) is 4.05. The molecule has 0 amide bonds. The van der Waals surface area contributed by atoms with Crippen LogP contribution in [0, 0.1) is 11.8 Å². The summed E-state index contributed by atoms with van der Waals surface area (Å²) in [4.78, 5) is 12.2. The van der Waals surface area contributed by atoms with Gasteiger partial charge in [0.05, 0.1) is 19.6 Å². The average Bonchev–Trinajstić information content (AvgIpc) is 2.51. The van der Waals surface area contributed by atoms with Crippen molar-refractivity contribution in [2.45, 2.75) is 50.9 Å². The van der Waals surface area contributed by atoms with Crippen molar-refractivity contribution in [2.75, 3.05) is 6.61 Å². The van der Waals surface area contributed by atoms with Crippen LogP contribution in [0.1, 0.15) is 25.7 Å². The Morgan fingerprint density at radius 2 is 2.18 bits per heavy atom. The van der Waals surface area contributed by atoms with Gasteiger partial charge in [-0.15, -0.1) is 0 Å². The summed E-state index contributed by atoms with van der Waals surface area (Å²) >= 11 is 0. The van der Waals surface area contributed by atoms with Crippen molar-refractivity contribution in [1.29, 1.82) is 0 Å². The van der Waals surface area contributed by atoms with Crippen molar-refractivity contribution in [3.8, 4) is 0 Å². The molecule has 17 heavy (non-hydrogen) atoms. The van der Waals surface area contributed by atoms with Crippen LogP contribution >= 0.6 is 0 Å². The smallest absolute Gasteiger partial charge is 0.142 e. The predicted octanol–water partition coefficient (Wildman–Crippen LogP) is 2.95. The number of carbonyl (C=O) groups is 1. The third-order valence-corrected chi connectivity index (χ3v) is 5.70. The first-order chi connectivity index (χ1) is 7.94. The van der Waals surface area contributed by atoms with Crippen molar-refractivity contribution in [3.63, 3.8) is 0 Å². The number of ether oxygens (including phenoxy) is 1. The van der Waals surface area contributed by atoms with E-state index < -0.39 is 8.07 Å². The fraction of sp³-hybridized carbons (Fsp3) is 0.786. The Morgan fingerprint density at radius 1 is 1.41 bits per heavy atom. The van der Waals surface area contributed by atoms with E-state index in [0.29, 0.717) is 11.7 Å². The van der Waals surface area contributed by atoms with Gasteiger partial charge >= 0.3 is 0 Å². The van der Waals surface area contributed by atoms with E-state index in [4.69, 9.17) is 4.74 Å². The van der Waals surface area contributed by atoms with Crippen LogP contribution in [0.3, 0.4) is 0 Å². The molecule has 3 atom stereocenters. The highest BCUT2D eigenvalue weighted by molar-refractivity contribution is 6.81. The molecule has 94 valence electrons. The summed E-state index contributed by atoms with van der Waals surface area (Å²) in [5, 5.41) is 0. The molecule has 0 unspecified atom stereocenters. The van der Waals surface area contributed by atoms with Gasteiger partial charge < -0.3 is 4.74 Å².